The molecule has 2 rings (SSSR count). The number of carbonyl (C=O) groups is 1. The van der Waals surface area contributed by atoms with Gasteiger partial charge in [0.2, 0.25) is 0 Å². The van der Waals surface area contributed by atoms with E-state index in [4.69, 9.17) is 14.2 Å². The predicted molar refractivity (Wildman–Crippen MR) is 77.7 cm³/mol. The number of hydrogen-bond acceptors (Lipinski definition) is 6. The highest BCUT2D eigenvalue weighted by atomic mass is 16.7. The van der Waals surface area contributed by atoms with Crippen LogP contribution in [0.5, 0.6) is 0 Å². The largest absolute Gasteiger partial charge is 0.463 e. The number of esters is 1. The van der Waals surface area contributed by atoms with Crippen LogP contribution in [0.15, 0.2) is 42.5 Å². The van der Waals surface area contributed by atoms with Crippen molar-refractivity contribution in [2.75, 3.05) is 6.61 Å². The van der Waals surface area contributed by atoms with Crippen LogP contribution in [0.1, 0.15) is 12.5 Å². The zero-order chi connectivity index (χ0) is 15.9. The Morgan fingerprint density at radius 1 is 1.32 bits per heavy atom. The predicted octanol–water partition coefficient (Wildman–Crippen LogP) is 0.769. The molecule has 0 bridgehead atoms. The molecule has 0 amide bonds. The average molecular weight is 308 g/mol. The van der Waals surface area contributed by atoms with E-state index < -0.39 is 30.6 Å². The molecule has 0 aromatic heterocycles. The molecule has 120 valence electrons. The third kappa shape index (κ3) is 4.38. The summed E-state index contributed by atoms with van der Waals surface area (Å²) < 4.78 is 15.6. The van der Waals surface area contributed by atoms with Crippen molar-refractivity contribution in [2.24, 2.45) is 0 Å². The number of rotatable bonds is 6. The van der Waals surface area contributed by atoms with Gasteiger partial charge in [0.1, 0.15) is 18.3 Å². The quantitative estimate of drug-likeness (QED) is 0.596. The van der Waals surface area contributed by atoms with Gasteiger partial charge >= 0.3 is 5.97 Å². The van der Waals surface area contributed by atoms with Crippen molar-refractivity contribution in [1.29, 1.82) is 0 Å². The Labute approximate surface area is 128 Å². The highest BCUT2D eigenvalue weighted by Gasteiger charge is 2.42. The third-order valence-electron chi connectivity index (χ3n) is 3.24. The van der Waals surface area contributed by atoms with Crippen molar-refractivity contribution in [3.8, 4) is 0 Å². The first-order valence-corrected chi connectivity index (χ1v) is 7.14. The van der Waals surface area contributed by atoms with Crippen molar-refractivity contribution in [3.63, 3.8) is 0 Å². The zero-order valence-electron chi connectivity index (χ0n) is 12.3. The van der Waals surface area contributed by atoms with Gasteiger partial charge in [0.05, 0.1) is 13.2 Å². The number of aliphatic hydroxyl groups excluding tert-OH is 2. The maximum Gasteiger partial charge on any atom is 0.330 e. The van der Waals surface area contributed by atoms with Crippen molar-refractivity contribution < 1.29 is 29.2 Å². The molecule has 0 radical (unpaired) electrons. The Morgan fingerprint density at radius 3 is 2.73 bits per heavy atom. The summed E-state index contributed by atoms with van der Waals surface area (Å²) in [5.74, 6) is -0.510. The van der Waals surface area contributed by atoms with Crippen LogP contribution in [-0.4, -0.2) is 47.4 Å². The summed E-state index contributed by atoms with van der Waals surface area (Å²) in [6.45, 7) is 2.24. The van der Waals surface area contributed by atoms with E-state index in [0.29, 0.717) is 0 Å². The van der Waals surface area contributed by atoms with Gasteiger partial charge in [-0.3, -0.25) is 0 Å². The Morgan fingerprint density at radius 2 is 2.05 bits per heavy atom. The molecule has 1 aromatic carbocycles. The van der Waals surface area contributed by atoms with E-state index in [-0.39, 0.29) is 13.2 Å². The topological polar surface area (TPSA) is 85.2 Å². The molecule has 1 unspecified atom stereocenters. The fraction of sp³-hybridized carbons (Fsp3) is 0.438. The summed E-state index contributed by atoms with van der Waals surface area (Å²) in [4.78, 5) is 11.3. The number of benzene rings is 1. The van der Waals surface area contributed by atoms with Gasteiger partial charge in [0.25, 0.3) is 0 Å². The minimum atomic E-state index is -1.35. The van der Waals surface area contributed by atoms with Crippen molar-refractivity contribution in [1.82, 2.24) is 0 Å². The second kappa shape index (κ2) is 8.05. The first-order chi connectivity index (χ1) is 10.6. The summed E-state index contributed by atoms with van der Waals surface area (Å²) in [5, 5.41) is 19.5. The minimum Gasteiger partial charge on any atom is -0.463 e. The number of ether oxygens (including phenoxy) is 3. The standard InChI is InChI=1S/C16H20O6/c1-2-20-13(17)9-8-12-15(14(18)16(19)22-12)21-10-11-6-4-3-5-7-11/h3-9,12,14-16,18-19H,2,10H2,1H3/b9-8-/t12-,14-,15+,16?/m1/s1. The molecular weight excluding hydrogens is 288 g/mol. The molecule has 4 atom stereocenters. The molecule has 1 aliphatic heterocycles. The van der Waals surface area contributed by atoms with E-state index >= 15 is 0 Å². The molecule has 6 nitrogen and oxygen atoms in total. The Kier molecular flexibility index (Phi) is 6.09. The normalized spacial score (nSPS) is 28.1. The number of carbonyl (C=O) groups excluding carboxylic acids is 1. The van der Waals surface area contributed by atoms with E-state index in [1.54, 1.807) is 6.92 Å². The fourth-order valence-electron chi connectivity index (χ4n) is 2.15. The summed E-state index contributed by atoms with van der Waals surface area (Å²) >= 11 is 0. The van der Waals surface area contributed by atoms with E-state index in [1.807, 2.05) is 30.3 Å². The molecule has 1 aliphatic rings. The van der Waals surface area contributed by atoms with E-state index in [1.165, 1.54) is 12.2 Å². The highest BCUT2D eigenvalue weighted by molar-refractivity contribution is 5.81. The van der Waals surface area contributed by atoms with Gasteiger partial charge in [-0.2, -0.15) is 0 Å². The van der Waals surface area contributed by atoms with E-state index in [2.05, 4.69) is 0 Å². The van der Waals surface area contributed by atoms with Crippen LogP contribution in [0.2, 0.25) is 0 Å². The van der Waals surface area contributed by atoms with Gasteiger partial charge in [0.15, 0.2) is 6.29 Å². The molecule has 0 saturated carbocycles. The molecule has 22 heavy (non-hydrogen) atoms. The van der Waals surface area contributed by atoms with Gasteiger partial charge in [-0.15, -0.1) is 0 Å². The van der Waals surface area contributed by atoms with Crippen molar-refractivity contribution in [2.45, 2.75) is 38.1 Å². The molecule has 1 heterocycles. The van der Waals surface area contributed by atoms with Crippen molar-refractivity contribution >= 4 is 5.97 Å². The average Bonchev–Trinajstić information content (AvgIpc) is 2.79. The molecular formula is C16H20O6. The first kappa shape index (κ1) is 16.6. The van der Waals surface area contributed by atoms with Crippen molar-refractivity contribution in [3.05, 3.63) is 48.0 Å². The number of aliphatic hydroxyl groups is 2. The van der Waals surface area contributed by atoms with Crippen LogP contribution < -0.4 is 0 Å². The molecule has 1 fully saturated rings. The third-order valence-corrected chi connectivity index (χ3v) is 3.24. The molecule has 0 aliphatic carbocycles. The van der Waals surface area contributed by atoms with E-state index in [0.717, 1.165) is 5.56 Å². The first-order valence-electron chi connectivity index (χ1n) is 7.14. The summed E-state index contributed by atoms with van der Waals surface area (Å²) in [5.41, 5.74) is 0.934. The lowest BCUT2D eigenvalue weighted by Gasteiger charge is -2.18. The van der Waals surface area contributed by atoms with Gasteiger partial charge in [0, 0.05) is 6.08 Å². The maximum atomic E-state index is 11.3. The molecule has 0 spiro atoms. The Bertz CT molecular complexity index is 501. The van der Waals surface area contributed by atoms with Crippen LogP contribution in [0, 0.1) is 0 Å². The molecule has 6 heteroatoms. The Hall–Kier alpha value is -1.73. The van der Waals surface area contributed by atoms with Gasteiger partial charge in [-0.25, -0.2) is 4.79 Å². The second-order valence-corrected chi connectivity index (χ2v) is 4.85. The lowest BCUT2D eigenvalue weighted by Crippen LogP contribution is -2.34. The minimum absolute atomic E-state index is 0.266. The Balaban J connectivity index is 1.97. The summed E-state index contributed by atoms with van der Waals surface area (Å²) in [7, 11) is 0. The zero-order valence-corrected chi connectivity index (χ0v) is 12.3. The van der Waals surface area contributed by atoms with Crippen LogP contribution >= 0.6 is 0 Å². The second-order valence-electron chi connectivity index (χ2n) is 4.85. The molecule has 2 N–H and O–H groups in total. The monoisotopic (exact) mass is 308 g/mol. The van der Waals surface area contributed by atoms with Gasteiger partial charge in [-0.05, 0) is 18.6 Å². The molecule has 1 aromatic rings. The molecule has 1 saturated heterocycles. The summed E-state index contributed by atoms with van der Waals surface area (Å²) in [6, 6.07) is 9.44. The number of hydrogen-bond donors (Lipinski definition) is 2. The SMILES string of the molecule is CCOC(=O)/C=C\[C@H]1OC(O)[C@H](O)[C@H]1OCc1ccccc1. The fourth-order valence-corrected chi connectivity index (χ4v) is 2.15. The van der Waals surface area contributed by atoms with Gasteiger partial charge in [-0.1, -0.05) is 30.3 Å². The summed E-state index contributed by atoms with van der Waals surface area (Å²) in [6.07, 6.45) is -1.39. The van der Waals surface area contributed by atoms with Gasteiger partial charge < -0.3 is 24.4 Å². The highest BCUT2D eigenvalue weighted by Crippen LogP contribution is 2.24. The van der Waals surface area contributed by atoms with Crippen LogP contribution in [0.25, 0.3) is 0 Å². The van der Waals surface area contributed by atoms with Crippen LogP contribution in [0.4, 0.5) is 0 Å². The van der Waals surface area contributed by atoms with E-state index in [9.17, 15) is 15.0 Å². The smallest absolute Gasteiger partial charge is 0.330 e. The van der Waals surface area contributed by atoms with Crippen LogP contribution in [-0.2, 0) is 25.6 Å². The lowest BCUT2D eigenvalue weighted by molar-refractivity contribution is -0.137. The lowest BCUT2D eigenvalue weighted by atomic mass is 10.1. The van der Waals surface area contributed by atoms with Crippen LogP contribution in [0.3, 0.4) is 0 Å². The maximum absolute atomic E-state index is 11.3.